The Kier molecular flexibility index (Phi) is 14.8. The molecule has 2 aliphatic rings. The summed E-state index contributed by atoms with van der Waals surface area (Å²) in [4.78, 5) is 39.6. The SMILES string of the molecule is CC(C)(C)OC(=O)NC(C)(C)C(=O)N[C@@H](CN1CCC2(CC1)CC(CC(=O)O)c1ccccc12)OCc1ccccc1.O.[Li+].[OH-]. The molecule has 2 atom stereocenters. The smallest absolute Gasteiger partial charge is 0.870 e. The Morgan fingerprint density at radius 1 is 1.00 bits per heavy atom. The minimum Gasteiger partial charge on any atom is -0.870 e. The Morgan fingerprint density at radius 2 is 1.60 bits per heavy atom. The van der Waals surface area contributed by atoms with Crippen molar-refractivity contribution in [3.05, 3.63) is 71.3 Å². The number of piperidine rings is 1. The minimum atomic E-state index is -1.23. The first-order valence-corrected chi connectivity index (χ1v) is 14.8. The number of hydrogen-bond donors (Lipinski definition) is 3. The van der Waals surface area contributed by atoms with Crippen LogP contribution in [0.25, 0.3) is 0 Å². The van der Waals surface area contributed by atoms with E-state index in [9.17, 15) is 19.5 Å². The van der Waals surface area contributed by atoms with Gasteiger partial charge in [-0.3, -0.25) is 14.5 Å². The second kappa shape index (κ2) is 16.6. The van der Waals surface area contributed by atoms with E-state index in [2.05, 4.69) is 27.7 Å². The van der Waals surface area contributed by atoms with Crippen LogP contribution in [0.3, 0.4) is 0 Å². The standard InChI is InChI=1S/C33H45N3O6.Li.2H2O/c1-31(2,3)42-30(40)35-32(4,5)29(39)34-27(41-22-23-11-7-6-8-12-23)21-36-17-15-33(16-18-36)20-24(19-28(37)38)25-13-9-10-14-26(25)33;;;/h6-14,24,27H,15-22H2,1-5H3,(H,34,39)(H,35,40)(H,37,38);;2*1H2/q;+1;;/p-1/t24?,27-;;;/m1.../s1. The molecule has 1 aliphatic carbocycles. The van der Waals surface area contributed by atoms with E-state index in [0.717, 1.165) is 37.9 Å². The van der Waals surface area contributed by atoms with Crippen molar-refractivity contribution in [3.63, 3.8) is 0 Å². The number of fused-ring (bicyclic) bond motifs is 2. The van der Waals surface area contributed by atoms with Gasteiger partial charge in [-0.2, -0.15) is 0 Å². The van der Waals surface area contributed by atoms with Gasteiger partial charge in [0.1, 0.15) is 17.4 Å². The number of ether oxygens (including phenoxy) is 2. The molecule has 1 heterocycles. The van der Waals surface area contributed by atoms with E-state index in [1.54, 1.807) is 34.6 Å². The molecular weight excluding hydrogens is 573 g/mol. The minimum absolute atomic E-state index is 0. The maximum Gasteiger partial charge on any atom is 1.00 e. The van der Waals surface area contributed by atoms with E-state index < -0.39 is 29.4 Å². The van der Waals surface area contributed by atoms with E-state index in [0.29, 0.717) is 13.2 Å². The molecule has 4 rings (SSSR count). The molecule has 1 spiro atoms. The van der Waals surface area contributed by atoms with Crippen molar-refractivity contribution in [1.29, 1.82) is 0 Å². The van der Waals surface area contributed by atoms with Crippen molar-refractivity contribution in [2.45, 2.75) is 95.6 Å². The van der Waals surface area contributed by atoms with Gasteiger partial charge in [0.05, 0.1) is 13.0 Å². The van der Waals surface area contributed by atoms with Gasteiger partial charge in [-0.1, -0.05) is 54.6 Å². The van der Waals surface area contributed by atoms with Gasteiger partial charge in [0.2, 0.25) is 5.91 Å². The average molecular weight is 622 g/mol. The third-order valence-electron chi connectivity index (χ3n) is 8.23. The van der Waals surface area contributed by atoms with Crippen LogP contribution in [0.4, 0.5) is 4.79 Å². The third-order valence-corrected chi connectivity index (χ3v) is 8.23. The number of benzene rings is 2. The molecule has 0 radical (unpaired) electrons. The number of likely N-dealkylation sites (tertiary alicyclic amines) is 1. The number of nitrogens with one attached hydrogen (secondary N) is 2. The third kappa shape index (κ3) is 10.8. The van der Waals surface area contributed by atoms with Gasteiger partial charge in [-0.05, 0) is 95.0 Å². The summed E-state index contributed by atoms with van der Waals surface area (Å²) >= 11 is 0. The van der Waals surface area contributed by atoms with Crippen molar-refractivity contribution in [1.82, 2.24) is 15.5 Å². The average Bonchev–Trinajstić information content (AvgIpc) is 3.20. The number of carbonyl (C=O) groups is 3. The normalized spacial score (nSPS) is 17.8. The van der Waals surface area contributed by atoms with E-state index in [4.69, 9.17) is 9.47 Å². The van der Waals surface area contributed by atoms with Gasteiger partial charge < -0.3 is 36.2 Å². The first-order chi connectivity index (χ1) is 19.8. The van der Waals surface area contributed by atoms with E-state index in [-0.39, 0.29) is 53.5 Å². The number of nitrogens with zero attached hydrogens (tertiary/aromatic N) is 1. The second-order valence-electron chi connectivity index (χ2n) is 13.2. The molecule has 1 saturated heterocycles. The molecule has 0 bridgehead atoms. The quantitative estimate of drug-likeness (QED) is 0.259. The van der Waals surface area contributed by atoms with Crippen molar-refractivity contribution >= 4 is 18.0 Å². The summed E-state index contributed by atoms with van der Waals surface area (Å²) in [6.45, 7) is 11.0. The summed E-state index contributed by atoms with van der Waals surface area (Å²) in [5, 5.41) is 15.2. The zero-order valence-electron chi connectivity index (χ0n) is 27.4. The molecule has 12 heteroatoms. The Labute approximate surface area is 278 Å². The van der Waals surface area contributed by atoms with Crippen molar-refractivity contribution < 1.29 is 58.8 Å². The van der Waals surface area contributed by atoms with Crippen LogP contribution >= 0.6 is 0 Å². The Morgan fingerprint density at radius 3 is 2.20 bits per heavy atom. The zero-order chi connectivity index (χ0) is 30.5. The predicted octanol–water partition coefficient (Wildman–Crippen LogP) is 0.947. The molecular formula is C33H48LiN3O8. The van der Waals surface area contributed by atoms with Crippen LogP contribution in [0.15, 0.2) is 54.6 Å². The van der Waals surface area contributed by atoms with Crippen LogP contribution in [0.5, 0.6) is 0 Å². The fraction of sp³-hybridized carbons (Fsp3) is 0.545. The molecule has 11 nitrogen and oxygen atoms in total. The molecule has 2 amide bonds. The molecule has 1 unspecified atom stereocenters. The molecule has 1 fully saturated rings. The van der Waals surface area contributed by atoms with E-state index >= 15 is 0 Å². The number of aliphatic carboxylic acids is 1. The van der Waals surface area contributed by atoms with Crippen molar-refractivity contribution in [3.8, 4) is 0 Å². The molecule has 45 heavy (non-hydrogen) atoms. The number of rotatable bonds is 10. The summed E-state index contributed by atoms with van der Waals surface area (Å²) in [5.74, 6) is -1.10. The van der Waals surface area contributed by atoms with Crippen molar-refractivity contribution in [2.75, 3.05) is 19.6 Å². The monoisotopic (exact) mass is 621 g/mol. The first kappa shape index (κ1) is 40.1. The first-order valence-electron chi connectivity index (χ1n) is 14.8. The zero-order valence-corrected chi connectivity index (χ0v) is 27.4. The summed E-state index contributed by atoms with van der Waals surface area (Å²) < 4.78 is 11.6. The topological polar surface area (TPSA) is 179 Å². The number of carboxylic acid groups (broad SMARTS) is 1. The Hall–Kier alpha value is -2.91. The number of alkyl carbamates (subject to hydrolysis) is 1. The van der Waals surface area contributed by atoms with Crippen LogP contribution in [0.1, 0.15) is 82.9 Å². The van der Waals surface area contributed by atoms with Gasteiger partial charge in [0.15, 0.2) is 0 Å². The van der Waals surface area contributed by atoms with E-state index in [1.807, 2.05) is 42.5 Å². The molecule has 244 valence electrons. The van der Waals surface area contributed by atoms with Crippen molar-refractivity contribution in [2.24, 2.45) is 0 Å². The largest absolute Gasteiger partial charge is 1.00 e. The Balaban J connectivity index is 0.00000337. The van der Waals surface area contributed by atoms with Crippen LogP contribution in [0, 0.1) is 0 Å². The number of amides is 2. The van der Waals surface area contributed by atoms with Gasteiger partial charge in [-0.15, -0.1) is 0 Å². The van der Waals surface area contributed by atoms with Crippen LogP contribution < -0.4 is 29.5 Å². The van der Waals surface area contributed by atoms with Gasteiger partial charge in [-0.25, -0.2) is 4.79 Å². The maximum atomic E-state index is 13.4. The summed E-state index contributed by atoms with van der Waals surface area (Å²) in [6.07, 6.45) is 1.54. The number of hydrogen-bond acceptors (Lipinski definition) is 7. The maximum absolute atomic E-state index is 13.4. The molecule has 6 N–H and O–H groups in total. The summed E-state index contributed by atoms with van der Waals surface area (Å²) in [5.41, 5.74) is 1.51. The van der Waals surface area contributed by atoms with Gasteiger partial charge >= 0.3 is 30.9 Å². The Bertz CT molecular complexity index is 1260. The molecule has 0 saturated carbocycles. The molecule has 1 aliphatic heterocycles. The van der Waals surface area contributed by atoms with Gasteiger partial charge in [0.25, 0.3) is 0 Å². The molecule has 0 aromatic heterocycles. The van der Waals surface area contributed by atoms with Crippen LogP contribution in [0.2, 0.25) is 0 Å². The van der Waals surface area contributed by atoms with Gasteiger partial charge in [0, 0.05) is 6.54 Å². The predicted molar refractivity (Wildman–Crippen MR) is 166 cm³/mol. The molecule has 2 aromatic carbocycles. The number of carboxylic acids is 1. The van der Waals surface area contributed by atoms with E-state index in [1.165, 1.54) is 11.1 Å². The fourth-order valence-electron chi connectivity index (χ4n) is 6.15. The van der Waals surface area contributed by atoms with Crippen LogP contribution in [-0.2, 0) is 31.1 Å². The second-order valence-corrected chi connectivity index (χ2v) is 13.2. The fourth-order valence-corrected chi connectivity index (χ4v) is 6.15. The molecule has 2 aromatic rings. The summed E-state index contributed by atoms with van der Waals surface area (Å²) in [6, 6.07) is 18.1. The number of carbonyl (C=O) groups excluding carboxylic acids is 2. The summed E-state index contributed by atoms with van der Waals surface area (Å²) in [7, 11) is 0. The van der Waals surface area contributed by atoms with Crippen LogP contribution in [-0.4, -0.2) is 75.9 Å².